The summed E-state index contributed by atoms with van der Waals surface area (Å²) in [7, 11) is 0. The molecule has 0 spiro atoms. The predicted octanol–water partition coefficient (Wildman–Crippen LogP) is 6.42. The average molecular weight is 322 g/mol. The lowest BCUT2D eigenvalue weighted by Gasteiger charge is -2.30. The van der Waals surface area contributed by atoms with Gasteiger partial charge in [-0.15, -0.1) is 22.7 Å². The second kappa shape index (κ2) is 3.74. The van der Waals surface area contributed by atoms with Crippen LogP contribution in [-0.2, 0) is 10.8 Å². The molecule has 2 aliphatic rings. The van der Waals surface area contributed by atoms with E-state index in [1.54, 1.807) is 11.1 Å². The van der Waals surface area contributed by atoms with E-state index in [1.165, 1.54) is 32.0 Å². The predicted molar refractivity (Wildman–Crippen MR) is 97.3 cm³/mol. The molecule has 110 valence electrons. The summed E-state index contributed by atoms with van der Waals surface area (Å²) in [5, 5.41) is 4.48. The summed E-state index contributed by atoms with van der Waals surface area (Å²) in [6, 6.07) is 9.38. The van der Waals surface area contributed by atoms with Crippen LogP contribution >= 0.6 is 22.7 Å². The molecule has 0 aliphatic heterocycles. The van der Waals surface area contributed by atoms with Crippen LogP contribution in [-0.4, -0.2) is 0 Å². The molecule has 0 N–H and O–H groups in total. The molecule has 0 saturated carbocycles. The molecule has 0 nitrogen and oxygen atoms in total. The van der Waals surface area contributed by atoms with Gasteiger partial charge in [-0.05, 0) is 56.3 Å². The Labute approximate surface area is 139 Å². The van der Waals surface area contributed by atoms with Gasteiger partial charge in [0.2, 0.25) is 0 Å². The van der Waals surface area contributed by atoms with Gasteiger partial charge in [-0.3, -0.25) is 0 Å². The number of thiophene rings is 2. The van der Waals surface area contributed by atoms with Crippen LogP contribution in [0.25, 0.3) is 20.9 Å². The lowest BCUT2D eigenvalue weighted by atomic mass is 9.72. The van der Waals surface area contributed by atoms with E-state index >= 15 is 0 Å². The van der Waals surface area contributed by atoms with E-state index in [0.717, 1.165) is 0 Å². The maximum Gasteiger partial charge on any atom is 0.0386 e. The monoisotopic (exact) mass is 322 g/mol. The Balaban J connectivity index is 1.94. The Morgan fingerprint density at radius 1 is 0.636 bits per heavy atom. The van der Waals surface area contributed by atoms with Crippen LogP contribution in [0.2, 0.25) is 0 Å². The SMILES string of the molecule is CC1(C)c2ccsc2-c2ccc3c(c21)C(C)(C)c1ccsc1-3. The van der Waals surface area contributed by atoms with Crippen LogP contribution in [0.5, 0.6) is 0 Å². The molecule has 22 heavy (non-hydrogen) atoms. The van der Waals surface area contributed by atoms with Gasteiger partial charge in [0.25, 0.3) is 0 Å². The van der Waals surface area contributed by atoms with Crippen molar-refractivity contribution < 1.29 is 0 Å². The summed E-state index contributed by atoms with van der Waals surface area (Å²) in [6.45, 7) is 9.58. The summed E-state index contributed by atoms with van der Waals surface area (Å²) in [5.41, 5.74) is 9.32. The summed E-state index contributed by atoms with van der Waals surface area (Å²) in [6.07, 6.45) is 0. The van der Waals surface area contributed by atoms with E-state index in [4.69, 9.17) is 0 Å². The zero-order chi connectivity index (χ0) is 15.3. The molecule has 0 saturated heterocycles. The molecule has 2 heterocycles. The lowest BCUT2D eigenvalue weighted by Crippen LogP contribution is -2.23. The van der Waals surface area contributed by atoms with Crippen LogP contribution in [0.1, 0.15) is 49.9 Å². The first-order chi connectivity index (χ1) is 10.4. The largest absolute Gasteiger partial charge is 0.143 e. The minimum atomic E-state index is 0.113. The second-order valence-electron chi connectivity index (χ2n) is 7.49. The topological polar surface area (TPSA) is 0 Å². The van der Waals surface area contributed by atoms with Crippen molar-refractivity contribution in [3.05, 3.63) is 57.3 Å². The zero-order valence-electron chi connectivity index (χ0n) is 13.3. The molecule has 0 radical (unpaired) electrons. The third kappa shape index (κ3) is 1.26. The van der Waals surface area contributed by atoms with Crippen LogP contribution in [0.4, 0.5) is 0 Å². The zero-order valence-corrected chi connectivity index (χ0v) is 14.9. The molecule has 0 bridgehead atoms. The summed E-state index contributed by atoms with van der Waals surface area (Å²) in [5.74, 6) is 0. The first-order valence-electron chi connectivity index (χ1n) is 7.78. The standard InChI is InChI=1S/C20H18S2/c1-19(2)13-7-9-21-17(13)11-5-6-12-16(15(11)19)20(3,4)14-8-10-22-18(12)14/h5-10H,1-4H3. The molecule has 3 aromatic rings. The molecular formula is C20H18S2. The highest BCUT2D eigenvalue weighted by Gasteiger charge is 2.46. The maximum atomic E-state index is 2.40. The molecule has 5 rings (SSSR count). The van der Waals surface area contributed by atoms with Crippen LogP contribution in [0.3, 0.4) is 0 Å². The number of hydrogen-bond donors (Lipinski definition) is 0. The van der Waals surface area contributed by atoms with Gasteiger partial charge in [0.05, 0.1) is 0 Å². The van der Waals surface area contributed by atoms with E-state index < -0.39 is 0 Å². The molecule has 0 unspecified atom stereocenters. The van der Waals surface area contributed by atoms with Crippen molar-refractivity contribution in [3.8, 4) is 20.9 Å². The van der Waals surface area contributed by atoms with Gasteiger partial charge in [0.15, 0.2) is 0 Å². The second-order valence-corrected chi connectivity index (χ2v) is 9.32. The van der Waals surface area contributed by atoms with Crippen LogP contribution in [0.15, 0.2) is 35.0 Å². The summed E-state index contributed by atoms with van der Waals surface area (Å²) >= 11 is 3.78. The van der Waals surface area contributed by atoms with E-state index in [1.807, 2.05) is 22.7 Å². The molecule has 0 amide bonds. The maximum absolute atomic E-state index is 2.40. The number of rotatable bonds is 0. The molecule has 2 aromatic heterocycles. The Kier molecular flexibility index (Phi) is 2.23. The van der Waals surface area contributed by atoms with Gasteiger partial charge >= 0.3 is 0 Å². The van der Waals surface area contributed by atoms with Gasteiger partial charge < -0.3 is 0 Å². The van der Waals surface area contributed by atoms with Crippen molar-refractivity contribution in [1.29, 1.82) is 0 Å². The quantitative estimate of drug-likeness (QED) is 0.448. The molecule has 0 fully saturated rings. The smallest absolute Gasteiger partial charge is 0.0386 e. The van der Waals surface area contributed by atoms with Crippen molar-refractivity contribution in [2.24, 2.45) is 0 Å². The van der Waals surface area contributed by atoms with Gasteiger partial charge in [-0.2, -0.15) is 0 Å². The van der Waals surface area contributed by atoms with Crippen molar-refractivity contribution >= 4 is 22.7 Å². The Bertz CT molecular complexity index is 857. The van der Waals surface area contributed by atoms with Gasteiger partial charge in [0.1, 0.15) is 0 Å². The fourth-order valence-corrected chi connectivity index (χ4v) is 6.74. The molecule has 2 heteroatoms. The highest BCUT2D eigenvalue weighted by molar-refractivity contribution is 7.14. The number of benzene rings is 1. The van der Waals surface area contributed by atoms with E-state index in [9.17, 15) is 0 Å². The normalized spacial score (nSPS) is 18.7. The highest BCUT2D eigenvalue weighted by Crippen LogP contribution is 2.60. The van der Waals surface area contributed by atoms with Crippen LogP contribution < -0.4 is 0 Å². The van der Waals surface area contributed by atoms with E-state index in [-0.39, 0.29) is 10.8 Å². The fraction of sp³-hybridized carbons (Fsp3) is 0.300. The van der Waals surface area contributed by atoms with Crippen molar-refractivity contribution in [3.63, 3.8) is 0 Å². The van der Waals surface area contributed by atoms with Crippen LogP contribution in [0, 0.1) is 0 Å². The molecule has 2 aliphatic carbocycles. The Hall–Kier alpha value is -1.38. The number of hydrogen-bond acceptors (Lipinski definition) is 2. The molecular weight excluding hydrogens is 304 g/mol. The Morgan fingerprint density at radius 3 is 1.45 bits per heavy atom. The average Bonchev–Trinajstić information content (AvgIpc) is 3.19. The first kappa shape index (κ1) is 13.1. The Morgan fingerprint density at radius 2 is 1.05 bits per heavy atom. The highest BCUT2D eigenvalue weighted by atomic mass is 32.1. The summed E-state index contributed by atoms with van der Waals surface area (Å²) < 4.78 is 0. The van der Waals surface area contributed by atoms with E-state index in [0.29, 0.717) is 0 Å². The third-order valence-electron chi connectivity index (χ3n) is 5.62. The number of fused-ring (bicyclic) bond motifs is 7. The van der Waals surface area contributed by atoms with Crippen molar-refractivity contribution in [2.75, 3.05) is 0 Å². The van der Waals surface area contributed by atoms with Gasteiger partial charge in [-0.1, -0.05) is 39.8 Å². The van der Waals surface area contributed by atoms with Crippen molar-refractivity contribution in [2.45, 2.75) is 38.5 Å². The molecule has 1 aromatic carbocycles. The minimum absolute atomic E-state index is 0.113. The van der Waals surface area contributed by atoms with Gasteiger partial charge in [0, 0.05) is 20.6 Å². The van der Waals surface area contributed by atoms with Crippen molar-refractivity contribution in [1.82, 2.24) is 0 Å². The van der Waals surface area contributed by atoms with Gasteiger partial charge in [-0.25, -0.2) is 0 Å². The third-order valence-corrected chi connectivity index (χ3v) is 7.52. The minimum Gasteiger partial charge on any atom is -0.143 e. The van der Waals surface area contributed by atoms with E-state index in [2.05, 4.69) is 62.7 Å². The lowest BCUT2D eigenvalue weighted by molar-refractivity contribution is 0.602. The summed E-state index contributed by atoms with van der Waals surface area (Å²) in [4.78, 5) is 2.96. The molecule has 0 atom stereocenters. The fourth-order valence-electron chi connectivity index (χ4n) is 4.57. The first-order valence-corrected chi connectivity index (χ1v) is 9.54.